The molecule has 8 heteroatoms. The van der Waals surface area contributed by atoms with E-state index in [4.69, 9.17) is 19.8 Å². The first-order valence-electron chi connectivity index (χ1n) is 3.89. The van der Waals surface area contributed by atoms with Crippen molar-refractivity contribution in [1.82, 2.24) is 0 Å². The Morgan fingerprint density at radius 3 is 1.31 bits per heavy atom. The van der Waals surface area contributed by atoms with Gasteiger partial charge >= 0.3 is 27.7 Å². The molecular weight excluding hydrogens is 256 g/mol. The average Bonchev–Trinajstić information content (AvgIpc) is 1.98. The maximum absolute atomic E-state index is 9.86. The number of carboxylic acid groups (broad SMARTS) is 2. The minimum absolute atomic E-state index is 0. The molecule has 0 atom stereocenters. The fourth-order valence-corrected chi connectivity index (χ4v) is 0.142. The first kappa shape index (κ1) is 24.4. The van der Waals surface area contributed by atoms with Gasteiger partial charge in [-0.3, -0.25) is 4.89 Å². The van der Waals surface area contributed by atoms with E-state index in [1.165, 1.54) is 6.92 Å². The second-order valence-corrected chi connectivity index (χ2v) is 1.96. The molecule has 0 N–H and O–H groups in total. The molecule has 16 heavy (non-hydrogen) atoms. The van der Waals surface area contributed by atoms with Crippen molar-refractivity contribution < 1.29 is 56.1 Å². The van der Waals surface area contributed by atoms with Crippen LogP contribution < -0.4 is 10.2 Å². The summed E-state index contributed by atoms with van der Waals surface area (Å²) in [6, 6.07) is 0. The summed E-state index contributed by atoms with van der Waals surface area (Å²) >= 11 is 0. The zero-order valence-electron chi connectivity index (χ0n) is 9.56. The second kappa shape index (κ2) is 19.6. The Labute approximate surface area is 109 Å². The SMILES string of the molecule is CC(=O)[O-].CC(=O)[O-].CCOOC(C)=O.[Ti+2]. The van der Waals surface area contributed by atoms with E-state index < -0.39 is 17.9 Å². The first-order chi connectivity index (χ1) is 6.73. The van der Waals surface area contributed by atoms with Gasteiger partial charge in [0.15, 0.2) is 0 Å². The summed E-state index contributed by atoms with van der Waals surface area (Å²) in [6.45, 7) is 5.37. The Morgan fingerprint density at radius 1 is 1.00 bits per heavy atom. The van der Waals surface area contributed by atoms with E-state index in [2.05, 4.69) is 9.78 Å². The molecule has 0 aliphatic carbocycles. The maximum Gasteiger partial charge on any atom is 2.00 e. The maximum atomic E-state index is 9.86. The van der Waals surface area contributed by atoms with Crippen molar-refractivity contribution in [1.29, 1.82) is 0 Å². The van der Waals surface area contributed by atoms with Crippen LogP contribution in [0.3, 0.4) is 0 Å². The number of rotatable bonds is 2. The van der Waals surface area contributed by atoms with Crippen molar-refractivity contribution in [2.24, 2.45) is 0 Å². The third kappa shape index (κ3) is 201. The molecule has 92 valence electrons. The summed E-state index contributed by atoms with van der Waals surface area (Å²) in [6.07, 6.45) is 0. The summed E-state index contributed by atoms with van der Waals surface area (Å²) in [7, 11) is 0. The molecule has 0 saturated heterocycles. The average molecular weight is 270 g/mol. The van der Waals surface area contributed by atoms with Gasteiger partial charge < -0.3 is 19.8 Å². The van der Waals surface area contributed by atoms with E-state index in [9.17, 15) is 4.79 Å². The Hall–Kier alpha value is -0.916. The van der Waals surface area contributed by atoms with Crippen LogP contribution in [0, 0.1) is 0 Å². The van der Waals surface area contributed by atoms with Crippen LogP contribution in [0.5, 0.6) is 0 Å². The summed E-state index contributed by atoms with van der Waals surface area (Å²) in [5.74, 6) is -2.58. The van der Waals surface area contributed by atoms with E-state index >= 15 is 0 Å². The third-order valence-electron chi connectivity index (χ3n) is 0.294. The fraction of sp³-hybridized carbons (Fsp3) is 0.625. The van der Waals surface area contributed by atoms with Gasteiger partial charge in [0, 0.05) is 18.9 Å². The molecule has 0 radical (unpaired) electrons. The topological polar surface area (TPSA) is 116 Å². The van der Waals surface area contributed by atoms with Gasteiger partial charge in [-0.05, 0) is 20.8 Å². The number of hydrogen-bond acceptors (Lipinski definition) is 7. The molecule has 0 rings (SSSR count). The van der Waals surface area contributed by atoms with Crippen molar-refractivity contribution in [3.63, 3.8) is 0 Å². The number of carbonyl (C=O) groups is 3. The van der Waals surface area contributed by atoms with Crippen LogP contribution in [0.15, 0.2) is 0 Å². The fourth-order valence-electron chi connectivity index (χ4n) is 0.142. The third-order valence-corrected chi connectivity index (χ3v) is 0.294. The number of carboxylic acids is 2. The van der Waals surface area contributed by atoms with Gasteiger partial charge in [-0.15, -0.1) is 0 Å². The Bertz CT molecular complexity index is 173. The van der Waals surface area contributed by atoms with Crippen LogP contribution in [0.1, 0.15) is 27.7 Å². The second-order valence-electron chi connectivity index (χ2n) is 1.96. The Morgan fingerprint density at radius 2 is 1.25 bits per heavy atom. The van der Waals surface area contributed by atoms with Crippen molar-refractivity contribution >= 4 is 17.9 Å². The smallest absolute Gasteiger partial charge is 0.550 e. The number of hydrogen-bond donors (Lipinski definition) is 0. The molecule has 0 aliphatic rings. The van der Waals surface area contributed by atoms with E-state index in [1.54, 1.807) is 6.92 Å². The minimum Gasteiger partial charge on any atom is -0.550 e. The molecule has 0 aromatic heterocycles. The molecule has 0 fully saturated rings. The normalized spacial score (nSPS) is 6.75. The van der Waals surface area contributed by atoms with Crippen LogP contribution in [0.4, 0.5) is 0 Å². The summed E-state index contributed by atoms with van der Waals surface area (Å²) in [4.78, 5) is 35.9. The number of aliphatic carboxylic acids is 2. The van der Waals surface area contributed by atoms with Crippen molar-refractivity contribution in [2.75, 3.05) is 6.61 Å². The van der Waals surface area contributed by atoms with Gasteiger partial charge in [-0.2, -0.15) is 4.89 Å². The van der Waals surface area contributed by atoms with Crippen LogP contribution in [0.2, 0.25) is 0 Å². The monoisotopic (exact) mass is 270 g/mol. The van der Waals surface area contributed by atoms with E-state index in [-0.39, 0.29) is 21.7 Å². The zero-order valence-corrected chi connectivity index (χ0v) is 11.1. The Balaban J connectivity index is -0.0000000700. The van der Waals surface area contributed by atoms with Crippen LogP contribution in [0.25, 0.3) is 0 Å². The first-order valence-corrected chi connectivity index (χ1v) is 3.89. The van der Waals surface area contributed by atoms with Crippen molar-refractivity contribution in [3.05, 3.63) is 0 Å². The van der Waals surface area contributed by atoms with Crippen molar-refractivity contribution in [2.45, 2.75) is 27.7 Å². The molecule has 7 nitrogen and oxygen atoms in total. The molecule has 0 saturated carbocycles. The Kier molecular flexibility index (Phi) is 29.9. The van der Waals surface area contributed by atoms with Gasteiger partial charge in [0.2, 0.25) is 0 Å². The van der Waals surface area contributed by atoms with Crippen LogP contribution >= 0.6 is 0 Å². The van der Waals surface area contributed by atoms with Gasteiger partial charge in [0.25, 0.3) is 0 Å². The van der Waals surface area contributed by atoms with Gasteiger partial charge in [0.05, 0.1) is 6.61 Å². The number of carbonyl (C=O) groups excluding carboxylic acids is 3. The van der Waals surface area contributed by atoms with Crippen LogP contribution in [-0.2, 0) is 45.9 Å². The molecule has 0 aromatic carbocycles. The molecular formula is C8H14O7Ti. The molecule has 0 aliphatic heterocycles. The van der Waals surface area contributed by atoms with E-state index in [0.29, 0.717) is 6.61 Å². The van der Waals surface area contributed by atoms with Gasteiger partial charge in [-0.1, -0.05) is 0 Å². The summed E-state index contributed by atoms with van der Waals surface area (Å²) in [5, 5.41) is 17.8. The predicted molar refractivity (Wildman–Crippen MR) is 44.8 cm³/mol. The largest absolute Gasteiger partial charge is 2.00 e. The quantitative estimate of drug-likeness (QED) is 0.324. The van der Waals surface area contributed by atoms with Crippen LogP contribution in [-0.4, -0.2) is 24.5 Å². The molecule has 0 heterocycles. The predicted octanol–water partition coefficient (Wildman–Crippen LogP) is -1.99. The minimum atomic E-state index is -1.08. The van der Waals surface area contributed by atoms with Crippen molar-refractivity contribution in [3.8, 4) is 0 Å². The molecule has 0 aromatic rings. The van der Waals surface area contributed by atoms with E-state index in [1.807, 2.05) is 0 Å². The standard InChI is InChI=1S/C4H8O3.2C2H4O2.Ti/c1-3-6-7-4(2)5;2*1-2(3)4;/h3H2,1-2H3;2*1H3,(H,3,4);/q;;;+2/p-2. The summed E-state index contributed by atoms with van der Waals surface area (Å²) in [5.41, 5.74) is 0. The molecule has 0 bridgehead atoms. The molecule has 0 unspecified atom stereocenters. The zero-order chi connectivity index (χ0) is 12.9. The molecule has 0 spiro atoms. The van der Waals surface area contributed by atoms with Gasteiger partial charge in [-0.25, -0.2) is 4.79 Å². The van der Waals surface area contributed by atoms with E-state index in [0.717, 1.165) is 13.8 Å². The summed E-state index contributed by atoms with van der Waals surface area (Å²) < 4.78 is 0. The molecule has 0 amide bonds. The van der Waals surface area contributed by atoms with Gasteiger partial charge in [0.1, 0.15) is 0 Å².